The van der Waals surface area contributed by atoms with Gasteiger partial charge in [-0.25, -0.2) is 4.79 Å². The smallest absolute Gasteiger partial charge is 0.338 e. The summed E-state index contributed by atoms with van der Waals surface area (Å²) in [5.74, 6) is -0.947. The summed E-state index contributed by atoms with van der Waals surface area (Å²) in [4.78, 5) is 11.8. The fourth-order valence-electron chi connectivity index (χ4n) is 1.99. The second kappa shape index (κ2) is 6.21. The highest BCUT2D eigenvalue weighted by atomic mass is 16.5. The molecule has 0 amide bonds. The van der Waals surface area contributed by atoms with Gasteiger partial charge in [0.05, 0.1) is 13.7 Å². The molecule has 4 nitrogen and oxygen atoms in total. The fourth-order valence-corrected chi connectivity index (χ4v) is 1.99. The molecule has 0 saturated carbocycles. The van der Waals surface area contributed by atoms with Crippen LogP contribution in [-0.4, -0.2) is 37.5 Å². The van der Waals surface area contributed by atoms with Gasteiger partial charge < -0.3 is 14.6 Å². The van der Waals surface area contributed by atoms with Crippen LogP contribution in [0.3, 0.4) is 0 Å². The molecule has 0 heterocycles. The van der Waals surface area contributed by atoms with Crippen molar-refractivity contribution in [3.05, 3.63) is 0 Å². The van der Waals surface area contributed by atoms with Crippen LogP contribution in [0.1, 0.15) is 27.7 Å². The Morgan fingerprint density at radius 3 is 2.00 bits per heavy atom. The summed E-state index contributed by atoms with van der Waals surface area (Å²) in [6.45, 7) is 7.87. The molecule has 0 rings (SSSR count). The molecule has 0 spiro atoms. The maximum atomic E-state index is 11.8. The predicted molar refractivity (Wildman–Crippen MR) is 62.0 cm³/mol. The van der Waals surface area contributed by atoms with E-state index in [0.29, 0.717) is 6.61 Å². The standard InChI is InChI=1S/C12H24O4/c1-8(2)10(7-15-5)12(14,9(3)4)11(13)16-6/h8-10,14H,7H2,1-6H3. The van der Waals surface area contributed by atoms with Crippen molar-refractivity contribution in [2.24, 2.45) is 17.8 Å². The van der Waals surface area contributed by atoms with Gasteiger partial charge in [-0.1, -0.05) is 27.7 Å². The van der Waals surface area contributed by atoms with Gasteiger partial charge in [-0.2, -0.15) is 0 Å². The molecule has 0 aliphatic carbocycles. The van der Waals surface area contributed by atoms with Crippen molar-refractivity contribution >= 4 is 5.97 Å². The molecule has 0 aromatic rings. The summed E-state index contributed by atoms with van der Waals surface area (Å²) >= 11 is 0. The number of hydrogen-bond acceptors (Lipinski definition) is 4. The molecule has 2 atom stereocenters. The second-order valence-electron chi connectivity index (χ2n) is 4.78. The quantitative estimate of drug-likeness (QED) is 0.704. The van der Waals surface area contributed by atoms with E-state index in [-0.39, 0.29) is 17.8 Å². The zero-order chi connectivity index (χ0) is 12.9. The number of carbonyl (C=O) groups excluding carboxylic acids is 1. The minimum Gasteiger partial charge on any atom is -0.467 e. The Morgan fingerprint density at radius 2 is 1.75 bits per heavy atom. The maximum absolute atomic E-state index is 11.8. The van der Waals surface area contributed by atoms with Crippen LogP contribution in [0.5, 0.6) is 0 Å². The first-order chi connectivity index (χ1) is 7.32. The Morgan fingerprint density at radius 1 is 1.25 bits per heavy atom. The van der Waals surface area contributed by atoms with Crippen molar-refractivity contribution < 1.29 is 19.4 Å². The maximum Gasteiger partial charge on any atom is 0.338 e. The summed E-state index contributed by atoms with van der Waals surface area (Å²) < 4.78 is 9.80. The van der Waals surface area contributed by atoms with E-state index in [2.05, 4.69) is 0 Å². The summed E-state index contributed by atoms with van der Waals surface area (Å²) in [5.41, 5.74) is -1.49. The van der Waals surface area contributed by atoms with Crippen molar-refractivity contribution in [2.75, 3.05) is 20.8 Å². The van der Waals surface area contributed by atoms with Crippen LogP contribution in [0.25, 0.3) is 0 Å². The Kier molecular flexibility index (Phi) is 5.97. The van der Waals surface area contributed by atoms with Crippen molar-refractivity contribution in [3.8, 4) is 0 Å². The molecule has 0 radical (unpaired) electrons. The average molecular weight is 232 g/mol. The molecule has 96 valence electrons. The lowest BCUT2D eigenvalue weighted by Crippen LogP contribution is -2.54. The van der Waals surface area contributed by atoms with Gasteiger partial charge in [-0.3, -0.25) is 0 Å². The first kappa shape index (κ1) is 15.4. The highest BCUT2D eigenvalue weighted by Crippen LogP contribution is 2.33. The largest absolute Gasteiger partial charge is 0.467 e. The number of esters is 1. The van der Waals surface area contributed by atoms with Gasteiger partial charge in [0.2, 0.25) is 0 Å². The first-order valence-corrected chi connectivity index (χ1v) is 5.62. The monoisotopic (exact) mass is 232 g/mol. The molecule has 0 aromatic carbocycles. The zero-order valence-electron chi connectivity index (χ0n) is 11.1. The van der Waals surface area contributed by atoms with E-state index in [4.69, 9.17) is 9.47 Å². The molecular formula is C12H24O4. The summed E-state index contributed by atoms with van der Waals surface area (Å²) in [6, 6.07) is 0. The highest BCUT2D eigenvalue weighted by molar-refractivity contribution is 5.80. The van der Waals surface area contributed by atoms with E-state index < -0.39 is 11.6 Å². The van der Waals surface area contributed by atoms with Gasteiger partial charge in [0.25, 0.3) is 0 Å². The van der Waals surface area contributed by atoms with E-state index in [9.17, 15) is 9.90 Å². The Labute approximate surface area is 97.9 Å². The SMILES string of the molecule is COCC(C(C)C)C(O)(C(=O)OC)C(C)C. The third-order valence-corrected chi connectivity index (χ3v) is 3.11. The van der Waals surface area contributed by atoms with Crippen LogP contribution >= 0.6 is 0 Å². The topological polar surface area (TPSA) is 55.8 Å². The van der Waals surface area contributed by atoms with Gasteiger partial charge in [0.15, 0.2) is 5.60 Å². The van der Waals surface area contributed by atoms with E-state index in [1.165, 1.54) is 7.11 Å². The number of hydrogen-bond donors (Lipinski definition) is 1. The third-order valence-electron chi connectivity index (χ3n) is 3.11. The van der Waals surface area contributed by atoms with Gasteiger partial charge in [-0.05, 0) is 11.8 Å². The van der Waals surface area contributed by atoms with Gasteiger partial charge >= 0.3 is 5.97 Å². The van der Waals surface area contributed by atoms with E-state index in [1.54, 1.807) is 7.11 Å². The van der Waals surface area contributed by atoms with Crippen LogP contribution in [0.2, 0.25) is 0 Å². The molecule has 0 fully saturated rings. The number of rotatable bonds is 6. The lowest BCUT2D eigenvalue weighted by atomic mass is 9.73. The average Bonchev–Trinajstić information content (AvgIpc) is 2.22. The summed E-state index contributed by atoms with van der Waals surface area (Å²) in [6.07, 6.45) is 0. The predicted octanol–water partition coefficient (Wildman–Crippen LogP) is 1.47. The number of carbonyl (C=O) groups is 1. The summed E-state index contributed by atoms with van der Waals surface area (Å²) in [5, 5.41) is 10.6. The molecule has 2 unspecified atom stereocenters. The molecular weight excluding hydrogens is 208 g/mol. The van der Waals surface area contributed by atoms with Crippen molar-refractivity contribution in [1.29, 1.82) is 0 Å². The minimum atomic E-state index is -1.49. The fraction of sp³-hybridized carbons (Fsp3) is 0.917. The summed E-state index contributed by atoms with van der Waals surface area (Å²) in [7, 11) is 2.85. The second-order valence-corrected chi connectivity index (χ2v) is 4.78. The van der Waals surface area contributed by atoms with Crippen LogP contribution in [0, 0.1) is 17.8 Å². The molecule has 0 bridgehead atoms. The van der Waals surface area contributed by atoms with Crippen LogP contribution < -0.4 is 0 Å². The Bertz CT molecular complexity index is 225. The molecule has 0 aromatic heterocycles. The Balaban J connectivity index is 5.20. The van der Waals surface area contributed by atoms with Crippen molar-refractivity contribution in [1.82, 2.24) is 0 Å². The first-order valence-electron chi connectivity index (χ1n) is 5.62. The lowest BCUT2D eigenvalue weighted by molar-refractivity contribution is -0.182. The molecule has 4 heteroatoms. The van der Waals surface area contributed by atoms with Crippen molar-refractivity contribution in [3.63, 3.8) is 0 Å². The molecule has 16 heavy (non-hydrogen) atoms. The molecule has 0 saturated heterocycles. The number of methoxy groups -OCH3 is 2. The minimum absolute atomic E-state index is 0.131. The van der Waals surface area contributed by atoms with Gasteiger partial charge in [0, 0.05) is 13.0 Å². The molecule has 0 aliphatic heterocycles. The van der Waals surface area contributed by atoms with Crippen LogP contribution in [0.15, 0.2) is 0 Å². The Hall–Kier alpha value is -0.610. The van der Waals surface area contributed by atoms with Crippen molar-refractivity contribution in [2.45, 2.75) is 33.3 Å². The van der Waals surface area contributed by atoms with E-state index in [1.807, 2.05) is 27.7 Å². The zero-order valence-corrected chi connectivity index (χ0v) is 11.1. The normalized spacial score (nSPS) is 17.3. The third kappa shape index (κ3) is 2.95. The van der Waals surface area contributed by atoms with Crippen LogP contribution in [-0.2, 0) is 14.3 Å². The number of aliphatic hydroxyl groups is 1. The van der Waals surface area contributed by atoms with Crippen LogP contribution in [0.4, 0.5) is 0 Å². The lowest BCUT2D eigenvalue weighted by Gasteiger charge is -2.38. The number of ether oxygens (including phenoxy) is 2. The molecule has 0 aliphatic rings. The van der Waals surface area contributed by atoms with E-state index in [0.717, 1.165) is 0 Å². The highest BCUT2D eigenvalue weighted by Gasteiger charge is 2.48. The molecule has 1 N–H and O–H groups in total. The van der Waals surface area contributed by atoms with Gasteiger partial charge in [-0.15, -0.1) is 0 Å². The van der Waals surface area contributed by atoms with E-state index >= 15 is 0 Å². The van der Waals surface area contributed by atoms with Gasteiger partial charge in [0.1, 0.15) is 0 Å².